The highest BCUT2D eigenvalue weighted by atomic mass is 32.1. The lowest BCUT2D eigenvalue weighted by Crippen LogP contribution is -2.44. The van der Waals surface area contributed by atoms with Crippen molar-refractivity contribution >= 4 is 29.0 Å². The van der Waals surface area contributed by atoms with Crippen molar-refractivity contribution in [3.05, 3.63) is 107 Å². The van der Waals surface area contributed by atoms with Gasteiger partial charge >= 0.3 is 0 Å². The molecule has 4 rings (SSSR count). The zero-order valence-corrected chi connectivity index (χ0v) is 17.6. The molecule has 0 unspecified atom stereocenters. The molecule has 32 heavy (non-hydrogen) atoms. The number of anilines is 1. The van der Waals surface area contributed by atoms with Gasteiger partial charge in [0.15, 0.2) is 5.69 Å². The van der Waals surface area contributed by atoms with Crippen molar-refractivity contribution in [1.82, 2.24) is 19.9 Å². The summed E-state index contributed by atoms with van der Waals surface area (Å²) in [6.07, 6.45) is 3.03. The molecule has 4 aromatic rings. The maximum Gasteiger partial charge on any atom is 0.280 e. The summed E-state index contributed by atoms with van der Waals surface area (Å²) in [5.74, 6) is -1.75. The van der Waals surface area contributed by atoms with Crippen LogP contribution in [0.25, 0.3) is 0 Å². The Morgan fingerprint density at radius 2 is 1.72 bits per heavy atom. The standard InChI is InChI=1S/C23H18FN5O2S/c24-18-8-4-5-9-20(18)29(23(31)19-15-32-28-27-19)21(17-10-12-25-13-11-17)22(30)26-14-16-6-2-1-3-7-16/h1-13,15,21H,14H2,(H,26,30)/t21-/m0/s1. The summed E-state index contributed by atoms with van der Waals surface area (Å²) < 4.78 is 18.6. The molecule has 2 heterocycles. The summed E-state index contributed by atoms with van der Waals surface area (Å²) in [4.78, 5) is 32.0. The van der Waals surface area contributed by atoms with Gasteiger partial charge in [-0.15, -0.1) is 5.10 Å². The Labute approximate surface area is 187 Å². The Hall–Kier alpha value is -3.98. The van der Waals surface area contributed by atoms with Crippen molar-refractivity contribution in [2.24, 2.45) is 0 Å². The first-order valence-electron chi connectivity index (χ1n) is 9.72. The van der Waals surface area contributed by atoms with Gasteiger partial charge in [-0.1, -0.05) is 47.0 Å². The highest BCUT2D eigenvalue weighted by molar-refractivity contribution is 7.03. The van der Waals surface area contributed by atoms with Gasteiger partial charge in [-0.05, 0) is 46.9 Å². The van der Waals surface area contributed by atoms with E-state index in [9.17, 15) is 14.0 Å². The van der Waals surface area contributed by atoms with Crippen molar-refractivity contribution in [2.75, 3.05) is 4.90 Å². The summed E-state index contributed by atoms with van der Waals surface area (Å²) >= 11 is 0.995. The normalized spacial score (nSPS) is 11.5. The second kappa shape index (κ2) is 9.88. The molecular weight excluding hydrogens is 429 g/mol. The number of halogens is 1. The van der Waals surface area contributed by atoms with Crippen molar-refractivity contribution in [2.45, 2.75) is 12.6 Å². The number of benzene rings is 2. The molecule has 160 valence electrons. The highest BCUT2D eigenvalue weighted by Gasteiger charge is 2.35. The number of nitrogens with one attached hydrogen (secondary N) is 1. The van der Waals surface area contributed by atoms with Gasteiger partial charge in [0.1, 0.15) is 11.9 Å². The molecule has 0 spiro atoms. The van der Waals surface area contributed by atoms with E-state index in [4.69, 9.17) is 0 Å². The number of hydrogen-bond acceptors (Lipinski definition) is 6. The van der Waals surface area contributed by atoms with E-state index < -0.39 is 23.7 Å². The van der Waals surface area contributed by atoms with Gasteiger partial charge in [0.05, 0.1) is 5.69 Å². The number of aromatic nitrogens is 3. The number of pyridine rings is 1. The van der Waals surface area contributed by atoms with E-state index >= 15 is 0 Å². The van der Waals surface area contributed by atoms with Crippen LogP contribution in [0.15, 0.2) is 84.5 Å². The number of rotatable bonds is 7. The third-order valence-corrected chi connectivity index (χ3v) is 5.25. The van der Waals surface area contributed by atoms with Crippen molar-refractivity contribution in [1.29, 1.82) is 0 Å². The van der Waals surface area contributed by atoms with E-state index in [-0.39, 0.29) is 17.9 Å². The molecule has 0 saturated heterocycles. The molecule has 0 fully saturated rings. The third kappa shape index (κ3) is 4.68. The fourth-order valence-corrected chi connectivity index (χ4v) is 3.67. The van der Waals surface area contributed by atoms with E-state index in [1.165, 1.54) is 36.0 Å². The number of nitrogens with zero attached hydrogens (tertiary/aromatic N) is 4. The van der Waals surface area contributed by atoms with Crippen LogP contribution in [0, 0.1) is 5.82 Å². The quantitative estimate of drug-likeness (QED) is 0.466. The summed E-state index contributed by atoms with van der Waals surface area (Å²) in [5.41, 5.74) is 1.35. The first-order valence-corrected chi connectivity index (χ1v) is 10.6. The Balaban J connectivity index is 1.77. The Bertz CT molecular complexity index is 1190. The lowest BCUT2D eigenvalue weighted by atomic mass is 10.0. The van der Waals surface area contributed by atoms with E-state index in [1.807, 2.05) is 30.3 Å². The predicted molar refractivity (Wildman–Crippen MR) is 118 cm³/mol. The van der Waals surface area contributed by atoms with Crippen LogP contribution in [0.5, 0.6) is 0 Å². The maximum absolute atomic E-state index is 14.9. The average molecular weight is 447 g/mol. The molecule has 0 radical (unpaired) electrons. The van der Waals surface area contributed by atoms with Crippen LogP contribution in [0.4, 0.5) is 10.1 Å². The second-order valence-electron chi connectivity index (χ2n) is 6.80. The van der Waals surface area contributed by atoms with Gasteiger partial charge in [0.2, 0.25) is 5.91 Å². The van der Waals surface area contributed by atoms with Crippen LogP contribution in [0.1, 0.15) is 27.7 Å². The summed E-state index contributed by atoms with van der Waals surface area (Å²) in [6, 6.07) is 17.3. The SMILES string of the molecule is O=C(NCc1ccccc1)[C@H](c1ccncc1)N(C(=O)c1csnn1)c1ccccc1F. The lowest BCUT2D eigenvalue weighted by molar-refractivity contribution is -0.122. The van der Waals surface area contributed by atoms with Crippen molar-refractivity contribution < 1.29 is 14.0 Å². The zero-order chi connectivity index (χ0) is 22.3. The van der Waals surface area contributed by atoms with Crippen LogP contribution in [0.2, 0.25) is 0 Å². The summed E-state index contributed by atoms with van der Waals surface area (Å²) in [7, 11) is 0. The Kier molecular flexibility index (Phi) is 6.57. The minimum absolute atomic E-state index is 0.0215. The third-order valence-electron chi connectivity index (χ3n) is 4.75. The summed E-state index contributed by atoms with van der Waals surface area (Å²) in [5, 5.41) is 8.15. The van der Waals surface area contributed by atoms with Crippen LogP contribution < -0.4 is 10.2 Å². The molecule has 0 bridgehead atoms. The number of hydrogen-bond donors (Lipinski definition) is 1. The molecule has 0 aliphatic carbocycles. The van der Waals surface area contributed by atoms with Gasteiger partial charge in [-0.2, -0.15) is 0 Å². The first-order chi connectivity index (χ1) is 15.6. The minimum atomic E-state index is -1.16. The highest BCUT2D eigenvalue weighted by Crippen LogP contribution is 2.31. The van der Waals surface area contributed by atoms with Crippen molar-refractivity contribution in [3.8, 4) is 0 Å². The van der Waals surface area contributed by atoms with E-state index in [2.05, 4.69) is 19.9 Å². The molecule has 1 N–H and O–H groups in total. The van der Waals surface area contributed by atoms with Crippen LogP contribution in [-0.4, -0.2) is 26.4 Å². The molecule has 0 aliphatic heterocycles. The van der Waals surface area contributed by atoms with Gasteiger partial charge in [0, 0.05) is 24.3 Å². The lowest BCUT2D eigenvalue weighted by Gasteiger charge is -2.31. The average Bonchev–Trinajstić information content (AvgIpc) is 3.38. The number of carbonyl (C=O) groups is 2. The van der Waals surface area contributed by atoms with Gasteiger partial charge < -0.3 is 5.32 Å². The number of carbonyl (C=O) groups excluding carboxylic acids is 2. The van der Waals surface area contributed by atoms with E-state index in [0.29, 0.717) is 5.56 Å². The molecule has 1 atom stereocenters. The zero-order valence-electron chi connectivity index (χ0n) is 16.8. The van der Waals surface area contributed by atoms with Crippen LogP contribution in [0.3, 0.4) is 0 Å². The monoisotopic (exact) mass is 447 g/mol. The number of amides is 2. The molecule has 2 amide bonds. The first kappa shape index (κ1) is 21.3. The second-order valence-corrected chi connectivity index (χ2v) is 7.41. The largest absolute Gasteiger partial charge is 0.350 e. The molecule has 2 aromatic heterocycles. The van der Waals surface area contributed by atoms with Crippen LogP contribution >= 0.6 is 11.5 Å². The van der Waals surface area contributed by atoms with Crippen LogP contribution in [-0.2, 0) is 11.3 Å². The molecular formula is C23H18FN5O2S. The van der Waals surface area contributed by atoms with E-state index in [1.54, 1.807) is 18.2 Å². The molecule has 7 nitrogen and oxygen atoms in total. The minimum Gasteiger partial charge on any atom is -0.350 e. The van der Waals surface area contributed by atoms with Gasteiger partial charge in [-0.25, -0.2) is 4.39 Å². The van der Waals surface area contributed by atoms with E-state index in [0.717, 1.165) is 22.0 Å². The molecule has 0 aliphatic rings. The maximum atomic E-state index is 14.9. The molecule has 2 aromatic carbocycles. The molecule has 9 heteroatoms. The Morgan fingerprint density at radius 3 is 2.41 bits per heavy atom. The topological polar surface area (TPSA) is 88.1 Å². The fraction of sp³-hybridized carbons (Fsp3) is 0.0870. The van der Waals surface area contributed by atoms with Gasteiger partial charge in [0.25, 0.3) is 5.91 Å². The fourth-order valence-electron chi connectivity index (χ4n) is 3.24. The van der Waals surface area contributed by atoms with Crippen molar-refractivity contribution in [3.63, 3.8) is 0 Å². The summed E-state index contributed by atoms with van der Waals surface area (Å²) in [6.45, 7) is 0.249. The smallest absolute Gasteiger partial charge is 0.280 e. The number of para-hydroxylation sites is 1. The Morgan fingerprint density at radius 1 is 1.00 bits per heavy atom. The van der Waals surface area contributed by atoms with Gasteiger partial charge in [-0.3, -0.25) is 19.5 Å². The molecule has 0 saturated carbocycles. The predicted octanol–water partition coefficient (Wildman–Crippen LogP) is 3.78.